The molecule has 0 spiro atoms. The first kappa shape index (κ1) is 16.2. The second-order valence-electron chi connectivity index (χ2n) is 3.64. The molecule has 0 aliphatic heterocycles. The van der Waals surface area contributed by atoms with Crippen LogP contribution >= 0.6 is 30.7 Å². The largest absolute Gasteiger partial charge is 0.331 e. The second-order valence-corrected chi connectivity index (χ2v) is 8.37. The Morgan fingerprint density at radius 1 is 1.28 bits per heavy atom. The average molecular weight is 309 g/mol. The van der Waals surface area contributed by atoms with Crippen LogP contribution in [0.4, 0.5) is 0 Å². The van der Waals surface area contributed by atoms with Crippen LogP contribution in [-0.4, -0.2) is 30.1 Å². The molecule has 0 N–H and O–H groups in total. The summed E-state index contributed by atoms with van der Waals surface area (Å²) in [4.78, 5) is 5.66. The van der Waals surface area contributed by atoms with Crippen LogP contribution in [0.5, 0.6) is 0 Å². The number of aryl methyl sites for hydroxylation is 2. The van der Waals surface area contributed by atoms with Crippen molar-refractivity contribution in [3.05, 3.63) is 10.6 Å². The monoisotopic (exact) mass is 309 g/mol. The maximum atomic E-state index is 12.2. The minimum absolute atomic E-state index is 0.414. The van der Waals surface area contributed by atoms with Gasteiger partial charge < -0.3 is 9.05 Å². The van der Waals surface area contributed by atoms with Crippen molar-refractivity contribution in [3.8, 4) is 0 Å². The quantitative estimate of drug-likeness (QED) is 0.534. The van der Waals surface area contributed by atoms with Gasteiger partial charge in [-0.15, -0.1) is 11.3 Å². The summed E-state index contributed by atoms with van der Waals surface area (Å²) in [5.41, 5.74) is 1.07. The molecular formula is C11H20NO3PS2. The molecule has 0 aliphatic carbocycles. The normalized spacial score (nSPS) is 12.0. The van der Waals surface area contributed by atoms with E-state index in [4.69, 9.17) is 9.05 Å². The van der Waals surface area contributed by atoms with E-state index in [9.17, 15) is 4.57 Å². The Hall–Kier alpha value is 0.130. The molecule has 0 aliphatic rings. The van der Waals surface area contributed by atoms with E-state index < -0.39 is 7.60 Å². The van der Waals surface area contributed by atoms with Gasteiger partial charge in [0.1, 0.15) is 4.34 Å². The molecule has 7 heteroatoms. The lowest BCUT2D eigenvalue weighted by molar-refractivity contribution is 0.221. The van der Waals surface area contributed by atoms with Crippen LogP contribution in [0.1, 0.15) is 24.4 Å². The molecule has 1 rings (SSSR count). The molecule has 0 amide bonds. The first-order chi connectivity index (χ1) is 8.50. The number of thioether (sulfide) groups is 1. The maximum Gasteiger partial charge on any atom is 0.331 e. The van der Waals surface area contributed by atoms with Gasteiger partial charge >= 0.3 is 7.60 Å². The highest BCUT2D eigenvalue weighted by Crippen LogP contribution is 2.48. The van der Waals surface area contributed by atoms with Crippen LogP contribution in [0.2, 0.25) is 0 Å². The predicted molar refractivity (Wildman–Crippen MR) is 78.0 cm³/mol. The Kier molecular flexibility index (Phi) is 6.88. The summed E-state index contributed by atoms with van der Waals surface area (Å²) in [5.74, 6) is 0.698. The molecule has 0 saturated heterocycles. The Balaban J connectivity index is 2.46. The molecule has 0 saturated carbocycles. The van der Waals surface area contributed by atoms with E-state index in [1.165, 1.54) is 4.88 Å². The Bertz CT molecular complexity index is 393. The number of rotatable bonds is 8. The van der Waals surface area contributed by atoms with Gasteiger partial charge in [-0.05, 0) is 27.7 Å². The third-order valence-electron chi connectivity index (χ3n) is 2.25. The van der Waals surface area contributed by atoms with Gasteiger partial charge in [0.15, 0.2) is 0 Å². The topological polar surface area (TPSA) is 48.4 Å². The number of aromatic nitrogens is 1. The smallest absolute Gasteiger partial charge is 0.309 e. The first-order valence-corrected chi connectivity index (χ1v) is 9.48. The fraction of sp³-hybridized carbons (Fsp3) is 0.727. The van der Waals surface area contributed by atoms with Gasteiger partial charge in [-0.1, -0.05) is 11.8 Å². The van der Waals surface area contributed by atoms with Crippen LogP contribution < -0.4 is 0 Å². The molecule has 0 atom stereocenters. The van der Waals surface area contributed by atoms with E-state index in [1.54, 1.807) is 23.1 Å². The van der Waals surface area contributed by atoms with Gasteiger partial charge in [0.2, 0.25) is 0 Å². The summed E-state index contributed by atoms with van der Waals surface area (Å²) in [6, 6.07) is 0. The second kappa shape index (κ2) is 7.65. The van der Waals surface area contributed by atoms with Crippen LogP contribution in [0.15, 0.2) is 4.34 Å². The maximum absolute atomic E-state index is 12.2. The molecule has 4 nitrogen and oxygen atoms in total. The molecular weight excluding hydrogens is 289 g/mol. The number of nitrogens with zero attached hydrogens (tertiary/aromatic N) is 1. The highest BCUT2D eigenvalue weighted by Gasteiger charge is 2.23. The van der Waals surface area contributed by atoms with Crippen LogP contribution in [-0.2, 0) is 13.6 Å². The number of hydrogen-bond acceptors (Lipinski definition) is 6. The van der Waals surface area contributed by atoms with Gasteiger partial charge in [-0.2, -0.15) is 0 Å². The standard InChI is InChI=1S/C11H20NO3PS2/c1-5-14-16(13,15-6-2)7-8-17-11-12-9(3)10(4)18-11/h5-8H2,1-4H3. The van der Waals surface area contributed by atoms with Crippen molar-refractivity contribution in [2.45, 2.75) is 32.0 Å². The fourth-order valence-electron chi connectivity index (χ4n) is 1.31. The molecule has 0 unspecified atom stereocenters. The average Bonchev–Trinajstić information content (AvgIpc) is 2.59. The summed E-state index contributed by atoms with van der Waals surface area (Å²) in [6.45, 7) is 8.54. The lowest BCUT2D eigenvalue weighted by atomic mass is 10.4. The summed E-state index contributed by atoms with van der Waals surface area (Å²) >= 11 is 3.28. The zero-order valence-corrected chi connectivity index (χ0v) is 13.8. The molecule has 0 fully saturated rings. The summed E-state index contributed by atoms with van der Waals surface area (Å²) in [6.07, 6.45) is 0.428. The van der Waals surface area contributed by atoms with E-state index in [1.807, 2.05) is 20.8 Å². The minimum Gasteiger partial charge on any atom is -0.309 e. The molecule has 1 aromatic heterocycles. The minimum atomic E-state index is -2.91. The van der Waals surface area contributed by atoms with E-state index in [2.05, 4.69) is 11.9 Å². The van der Waals surface area contributed by atoms with E-state index in [-0.39, 0.29) is 0 Å². The van der Waals surface area contributed by atoms with Crippen molar-refractivity contribution in [2.75, 3.05) is 25.1 Å². The number of hydrogen-bond donors (Lipinski definition) is 0. The zero-order chi connectivity index (χ0) is 13.6. The molecule has 1 heterocycles. The Morgan fingerprint density at radius 2 is 1.89 bits per heavy atom. The van der Waals surface area contributed by atoms with E-state index in [0.717, 1.165) is 10.0 Å². The van der Waals surface area contributed by atoms with Gasteiger partial charge in [-0.25, -0.2) is 4.98 Å². The van der Waals surface area contributed by atoms with Crippen molar-refractivity contribution in [2.24, 2.45) is 0 Å². The first-order valence-electron chi connectivity index (χ1n) is 5.95. The van der Waals surface area contributed by atoms with Gasteiger partial charge in [-0.3, -0.25) is 4.57 Å². The highest BCUT2D eigenvalue weighted by molar-refractivity contribution is 8.01. The molecule has 0 radical (unpaired) electrons. The van der Waals surface area contributed by atoms with Gasteiger partial charge in [0.25, 0.3) is 0 Å². The van der Waals surface area contributed by atoms with Crippen molar-refractivity contribution >= 4 is 30.7 Å². The SMILES string of the molecule is CCOP(=O)(CCSc1nc(C)c(C)s1)OCC. The third-order valence-corrected chi connectivity index (χ3v) is 6.85. The Morgan fingerprint density at radius 3 is 2.33 bits per heavy atom. The number of thiazole rings is 1. The summed E-state index contributed by atoms with van der Waals surface area (Å²) in [7, 11) is -2.91. The molecule has 0 aromatic carbocycles. The van der Waals surface area contributed by atoms with Crippen molar-refractivity contribution < 1.29 is 13.6 Å². The van der Waals surface area contributed by atoms with Crippen LogP contribution in [0.25, 0.3) is 0 Å². The predicted octanol–water partition coefficient (Wildman–Crippen LogP) is 4.12. The summed E-state index contributed by atoms with van der Waals surface area (Å²) in [5, 5.41) is 0. The fourth-order valence-corrected chi connectivity index (χ4v) is 5.56. The lowest BCUT2D eigenvalue weighted by Gasteiger charge is -2.16. The van der Waals surface area contributed by atoms with Crippen molar-refractivity contribution in [1.29, 1.82) is 0 Å². The molecule has 18 heavy (non-hydrogen) atoms. The Labute approximate surface area is 117 Å². The van der Waals surface area contributed by atoms with Crippen molar-refractivity contribution in [1.82, 2.24) is 4.98 Å². The molecule has 0 bridgehead atoms. The van der Waals surface area contributed by atoms with Crippen LogP contribution in [0.3, 0.4) is 0 Å². The highest BCUT2D eigenvalue weighted by atomic mass is 32.2. The van der Waals surface area contributed by atoms with Gasteiger partial charge in [0.05, 0.1) is 25.1 Å². The summed E-state index contributed by atoms with van der Waals surface area (Å²) < 4.78 is 23.7. The third kappa shape index (κ3) is 5.02. The van der Waals surface area contributed by atoms with Gasteiger partial charge in [0, 0.05) is 10.6 Å². The lowest BCUT2D eigenvalue weighted by Crippen LogP contribution is -2.01. The van der Waals surface area contributed by atoms with E-state index >= 15 is 0 Å². The van der Waals surface area contributed by atoms with E-state index in [0.29, 0.717) is 25.1 Å². The molecule has 1 aromatic rings. The van der Waals surface area contributed by atoms with Crippen LogP contribution in [0, 0.1) is 13.8 Å². The van der Waals surface area contributed by atoms with Crippen molar-refractivity contribution in [3.63, 3.8) is 0 Å². The zero-order valence-electron chi connectivity index (χ0n) is 11.3. The molecule has 104 valence electrons.